The molecule has 1 aromatic heterocycles. The molecule has 2 heterocycles. The minimum atomic E-state index is -1.01. The molecule has 1 atom stereocenters. The van der Waals surface area contributed by atoms with Gasteiger partial charge in [0.2, 0.25) is 5.91 Å². The summed E-state index contributed by atoms with van der Waals surface area (Å²) in [5.41, 5.74) is 3.43. The number of nitrogens with zero attached hydrogens (tertiary/aromatic N) is 4. The molecule has 0 aliphatic carbocycles. The summed E-state index contributed by atoms with van der Waals surface area (Å²) in [6.07, 6.45) is 0.185. The number of rotatable bonds is 7. The van der Waals surface area contributed by atoms with Crippen LogP contribution in [-0.2, 0) is 16.0 Å². The second kappa shape index (κ2) is 9.60. The average molecular weight is 452 g/mol. The first-order valence-corrected chi connectivity index (χ1v) is 11.0. The summed E-state index contributed by atoms with van der Waals surface area (Å²) < 4.78 is 7.38. The topological polar surface area (TPSA) is 99.9 Å². The molecular formula is C24H29N5O4. The molecule has 2 N–H and O–H groups in total. The lowest BCUT2D eigenvalue weighted by Gasteiger charge is -2.38. The van der Waals surface area contributed by atoms with Crippen molar-refractivity contribution in [2.75, 3.05) is 45.2 Å². The van der Waals surface area contributed by atoms with Gasteiger partial charge in [-0.05, 0) is 43.3 Å². The van der Waals surface area contributed by atoms with E-state index >= 15 is 0 Å². The number of carbonyl (C=O) groups excluding carboxylic acids is 1. The van der Waals surface area contributed by atoms with Crippen LogP contribution >= 0.6 is 0 Å². The van der Waals surface area contributed by atoms with Crippen LogP contribution in [0, 0.1) is 0 Å². The number of hydrogen-bond acceptors (Lipinski definition) is 6. The molecule has 2 aromatic carbocycles. The third kappa shape index (κ3) is 4.69. The molecule has 4 rings (SSSR count). The summed E-state index contributed by atoms with van der Waals surface area (Å²) in [6, 6.07) is 13.0. The molecule has 1 amide bonds. The summed E-state index contributed by atoms with van der Waals surface area (Å²) in [4.78, 5) is 32.8. The highest BCUT2D eigenvalue weighted by Crippen LogP contribution is 2.27. The number of carboxylic acid groups (broad SMARTS) is 1. The number of carbonyl (C=O) groups is 2. The van der Waals surface area contributed by atoms with Crippen LogP contribution in [-0.4, -0.2) is 78.0 Å². The monoisotopic (exact) mass is 451 g/mol. The van der Waals surface area contributed by atoms with Gasteiger partial charge in [0.25, 0.3) is 0 Å². The number of piperazine rings is 1. The van der Waals surface area contributed by atoms with Crippen molar-refractivity contribution < 1.29 is 19.4 Å². The van der Waals surface area contributed by atoms with E-state index in [0.29, 0.717) is 11.3 Å². The van der Waals surface area contributed by atoms with Crippen molar-refractivity contribution in [3.63, 3.8) is 0 Å². The van der Waals surface area contributed by atoms with Crippen molar-refractivity contribution in [3.05, 3.63) is 53.9 Å². The fraction of sp³-hybridized carbons (Fsp3) is 0.375. The molecule has 33 heavy (non-hydrogen) atoms. The zero-order valence-electron chi connectivity index (χ0n) is 19.1. The molecule has 0 bridgehead atoms. The van der Waals surface area contributed by atoms with E-state index in [4.69, 9.17) is 4.74 Å². The third-order valence-corrected chi connectivity index (χ3v) is 6.19. The number of imidazole rings is 1. The van der Waals surface area contributed by atoms with Crippen LogP contribution in [0.15, 0.2) is 42.5 Å². The Morgan fingerprint density at radius 3 is 2.52 bits per heavy atom. The first kappa shape index (κ1) is 22.8. The molecule has 1 aliphatic heterocycles. The predicted molar refractivity (Wildman–Crippen MR) is 126 cm³/mol. The van der Waals surface area contributed by atoms with Crippen molar-refractivity contribution in [1.82, 2.24) is 19.8 Å². The number of methoxy groups -OCH3 is 1. The molecule has 0 saturated carbocycles. The molecule has 1 unspecified atom stereocenters. The van der Waals surface area contributed by atoms with Gasteiger partial charge < -0.3 is 20.1 Å². The van der Waals surface area contributed by atoms with Crippen LogP contribution in [0.1, 0.15) is 23.1 Å². The summed E-state index contributed by atoms with van der Waals surface area (Å²) in [5.74, 6) is -0.615. The van der Waals surface area contributed by atoms with Crippen LogP contribution < -0.4 is 10.2 Å². The van der Waals surface area contributed by atoms with E-state index in [1.165, 1.54) is 0 Å². The van der Waals surface area contributed by atoms with Gasteiger partial charge >= 0.3 is 5.97 Å². The predicted octanol–water partition coefficient (Wildman–Crippen LogP) is 2.13. The fourth-order valence-corrected chi connectivity index (χ4v) is 4.22. The lowest BCUT2D eigenvalue weighted by atomic mass is 10.2. The van der Waals surface area contributed by atoms with E-state index in [1.54, 1.807) is 32.4 Å². The van der Waals surface area contributed by atoms with Gasteiger partial charge in [-0.1, -0.05) is 6.07 Å². The van der Waals surface area contributed by atoms with Crippen molar-refractivity contribution in [3.8, 4) is 5.69 Å². The van der Waals surface area contributed by atoms with E-state index in [2.05, 4.69) is 39.2 Å². The number of fused-ring (bicyclic) bond motifs is 1. The molecular weight excluding hydrogens is 422 g/mol. The molecule has 1 saturated heterocycles. The fourth-order valence-electron chi connectivity index (χ4n) is 4.22. The minimum Gasteiger partial charge on any atom is -0.478 e. The van der Waals surface area contributed by atoms with Gasteiger partial charge in [0.15, 0.2) is 0 Å². The van der Waals surface area contributed by atoms with E-state index in [-0.39, 0.29) is 24.1 Å². The Morgan fingerprint density at radius 1 is 1.12 bits per heavy atom. The van der Waals surface area contributed by atoms with Crippen LogP contribution in [0.4, 0.5) is 5.69 Å². The second-order valence-corrected chi connectivity index (χ2v) is 8.10. The maximum atomic E-state index is 12.2. The standard InChI is InChI=1S/C24H29N5O4/c1-16(33-3)27-9-11-28(12-10-27)18-5-4-6-19(14-18)29-21-8-7-17(24(31)32)13-20(21)26-22(29)15-23(30)25-2/h4-8,13-14,16H,9-12,15H2,1-3H3,(H,25,30)(H,31,32). The first-order chi connectivity index (χ1) is 15.9. The molecule has 174 valence electrons. The number of aromatic carboxylic acids is 1. The number of carboxylic acids is 1. The Morgan fingerprint density at radius 2 is 1.85 bits per heavy atom. The second-order valence-electron chi connectivity index (χ2n) is 8.10. The number of ether oxygens (including phenoxy) is 1. The Labute approximate surface area is 192 Å². The normalized spacial score (nSPS) is 15.5. The van der Waals surface area contributed by atoms with Gasteiger partial charge in [-0.15, -0.1) is 0 Å². The van der Waals surface area contributed by atoms with Gasteiger partial charge in [0.1, 0.15) is 12.1 Å². The SMILES string of the molecule is CNC(=O)Cc1nc2cc(C(=O)O)ccc2n1-c1cccc(N2CCN(C(C)OC)CC2)c1. The van der Waals surface area contributed by atoms with E-state index in [1.807, 2.05) is 16.7 Å². The molecule has 1 fully saturated rings. The van der Waals surface area contributed by atoms with Gasteiger partial charge in [0.05, 0.1) is 23.0 Å². The highest BCUT2D eigenvalue weighted by atomic mass is 16.5. The highest BCUT2D eigenvalue weighted by Gasteiger charge is 2.22. The quantitative estimate of drug-likeness (QED) is 0.568. The van der Waals surface area contributed by atoms with Crippen molar-refractivity contribution >= 4 is 28.6 Å². The Bertz CT molecular complexity index is 1170. The molecule has 0 radical (unpaired) electrons. The smallest absolute Gasteiger partial charge is 0.335 e. The van der Waals surface area contributed by atoms with E-state index < -0.39 is 5.97 Å². The number of aromatic nitrogens is 2. The third-order valence-electron chi connectivity index (χ3n) is 6.19. The number of hydrogen-bond donors (Lipinski definition) is 2. The lowest BCUT2D eigenvalue weighted by Crippen LogP contribution is -2.50. The van der Waals surface area contributed by atoms with Crippen molar-refractivity contribution in [1.29, 1.82) is 0 Å². The molecule has 3 aromatic rings. The zero-order chi connectivity index (χ0) is 23.5. The molecule has 9 nitrogen and oxygen atoms in total. The van der Waals surface area contributed by atoms with Crippen molar-refractivity contribution in [2.24, 2.45) is 0 Å². The number of likely N-dealkylation sites (N-methyl/N-ethyl adjacent to an activating group) is 1. The highest BCUT2D eigenvalue weighted by molar-refractivity contribution is 5.93. The van der Waals surface area contributed by atoms with Crippen LogP contribution in [0.25, 0.3) is 16.7 Å². The number of amides is 1. The summed E-state index contributed by atoms with van der Waals surface area (Å²) in [7, 11) is 3.31. The van der Waals surface area contributed by atoms with Crippen molar-refractivity contribution in [2.45, 2.75) is 19.6 Å². The number of benzene rings is 2. The zero-order valence-corrected chi connectivity index (χ0v) is 19.1. The number of anilines is 1. The molecule has 1 aliphatic rings. The summed E-state index contributed by atoms with van der Waals surface area (Å²) in [5, 5.41) is 12.0. The van der Waals surface area contributed by atoms with Crippen LogP contribution in [0.3, 0.4) is 0 Å². The maximum Gasteiger partial charge on any atom is 0.335 e. The van der Waals surface area contributed by atoms with Gasteiger partial charge in [-0.2, -0.15) is 0 Å². The maximum absolute atomic E-state index is 12.2. The number of nitrogens with one attached hydrogen (secondary N) is 1. The van der Waals surface area contributed by atoms with Crippen LogP contribution in [0.2, 0.25) is 0 Å². The largest absolute Gasteiger partial charge is 0.478 e. The lowest BCUT2D eigenvalue weighted by molar-refractivity contribution is -0.120. The van der Waals surface area contributed by atoms with E-state index in [9.17, 15) is 14.7 Å². The summed E-state index contributed by atoms with van der Waals surface area (Å²) >= 11 is 0. The first-order valence-electron chi connectivity index (χ1n) is 11.0. The van der Waals surface area contributed by atoms with Gasteiger partial charge in [-0.25, -0.2) is 9.78 Å². The Kier molecular flexibility index (Phi) is 6.62. The average Bonchev–Trinajstić information content (AvgIpc) is 3.20. The molecule has 0 spiro atoms. The minimum absolute atomic E-state index is 0.0887. The van der Waals surface area contributed by atoms with Gasteiger partial charge in [0, 0.05) is 51.7 Å². The molecule has 9 heteroatoms. The Balaban J connectivity index is 1.70. The van der Waals surface area contributed by atoms with Crippen LogP contribution in [0.5, 0.6) is 0 Å². The van der Waals surface area contributed by atoms with E-state index in [0.717, 1.165) is 43.1 Å². The summed E-state index contributed by atoms with van der Waals surface area (Å²) in [6.45, 7) is 5.65. The Hall–Kier alpha value is -3.43. The van der Waals surface area contributed by atoms with Gasteiger partial charge in [-0.3, -0.25) is 14.3 Å².